The zero-order valence-electron chi connectivity index (χ0n) is 13.7. The molecule has 0 aliphatic rings. The van der Waals surface area contributed by atoms with Crippen LogP contribution in [0, 0.1) is 0 Å². The first-order valence-corrected chi connectivity index (χ1v) is 7.82. The Hall–Kier alpha value is -3.47. The number of aromatic nitrogens is 2. The van der Waals surface area contributed by atoms with Gasteiger partial charge in [-0.05, 0) is 37.3 Å². The number of nitrogens with one attached hydrogen (secondary N) is 1. The quantitative estimate of drug-likeness (QED) is 0.572. The summed E-state index contributed by atoms with van der Waals surface area (Å²) in [6.07, 6.45) is 6.62. The summed E-state index contributed by atoms with van der Waals surface area (Å²) in [6, 6.07) is 16.6. The van der Waals surface area contributed by atoms with Crippen LogP contribution in [-0.2, 0) is 4.79 Å². The van der Waals surface area contributed by atoms with Crippen LogP contribution in [0.2, 0.25) is 0 Å². The summed E-state index contributed by atoms with van der Waals surface area (Å²) in [6.45, 7) is 1.47. The smallest absolute Gasteiger partial charge is 0.248 e. The van der Waals surface area contributed by atoms with Gasteiger partial charge in [0.2, 0.25) is 5.91 Å². The SMILES string of the molecule is CC(=O)c1ccccc1NC(=O)/C=C/c1cnn(-c2ccccc2)c1. The minimum atomic E-state index is -0.304. The number of hydrogen-bond donors (Lipinski definition) is 1. The number of amides is 1. The fourth-order valence-corrected chi connectivity index (χ4v) is 2.39. The number of Topliss-reactive ketones (excluding diaryl/α,β-unsaturated/α-hetero) is 1. The molecule has 0 unspecified atom stereocenters. The molecule has 0 spiro atoms. The number of para-hydroxylation sites is 2. The average Bonchev–Trinajstić information content (AvgIpc) is 3.10. The number of nitrogens with zero attached hydrogens (tertiary/aromatic N) is 2. The molecule has 1 amide bonds. The van der Waals surface area contributed by atoms with Crippen LogP contribution >= 0.6 is 0 Å². The van der Waals surface area contributed by atoms with Gasteiger partial charge < -0.3 is 5.32 Å². The Balaban J connectivity index is 1.70. The molecule has 1 aromatic heterocycles. The van der Waals surface area contributed by atoms with Crippen LogP contribution in [0.5, 0.6) is 0 Å². The largest absolute Gasteiger partial charge is 0.322 e. The maximum Gasteiger partial charge on any atom is 0.248 e. The van der Waals surface area contributed by atoms with Gasteiger partial charge in [-0.1, -0.05) is 30.3 Å². The molecule has 0 fully saturated rings. The van der Waals surface area contributed by atoms with Crippen LogP contribution in [0.3, 0.4) is 0 Å². The Labute approximate surface area is 145 Å². The van der Waals surface area contributed by atoms with Gasteiger partial charge in [0, 0.05) is 23.4 Å². The fraction of sp³-hybridized carbons (Fsp3) is 0.0500. The molecule has 0 bridgehead atoms. The number of rotatable bonds is 5. The summed E-state index contributed by atoms with van der Waals surface area (Å²) < 4.78 is 1.74. The molecule has 0 saturated heterocycles. The lowest BCUT2D eigenvalue weighted by Gasteiger charge is -2.06. The fourth-order valence-electron chi connectivity index (χ4n) is 2.39. The molecule has 3 aromatic rings. The highest BCUT2D eigenvalue weighted by Gasteiger charge is 2.07. The molecule has 1 N–H and O–H groups in total. The number of benzene rings is 2. The van der Waals surface area contributed by atoms with Crippen LogP contribution in [-0.4, -0.2) is 21.5 Å². The van der Waals surface area contributed by atoms with E-state index >= 15 is 0 Å². The number of hydrogen-bond acceptors (Lipinski definition) is 3. The van der Waals surface area contributed by atoms with E-state index in [1.165, 1.54) is 13.0 Å². The number of carbonyl (C=O) groups excluding carboxylic acids is 2. The molecule has 0 saturated carbocycles. The lowest BCUT2D eigenvalue weighted by atomic mass is 10.1. The summed E-state index contributed by atoms with van der Waals surface area (Å²) >= 11 is 0. The van der Waals surface area contributed by atoms with E-state index < -0.39 is 0 Å². The normalized spacial score (nSPS) is 10.8. The van der Waals surface area contributed by atoms with Crippen LogP contribution < -0.4 is 5.32 Å². The first kappa shape index (κ1) is 16.4. The molecule has 0 radical (unpaired) electrons. The number of carbonyl (C=O) groups is 2. The molecule has 3 rings (SSSR count). The van der Waals surface area contributed by atoms with E-state index in [0.29, 0.717) is 11.3 Å². The number of anilines is 1. The lowest BCUT2D eigenvalue weighted by molar-refractivity contribution is -0.111. The summed E-state index contributed by atoms with van der Waals surface area (Å²) in [5, 5.41) is 7.00. The Kier molecular flexibility index (Phi) is 4.85. The van der Waals surface area contributed by atoms with E-state index in [2.05, 4.69) is 10.4 Å². The molecule has 0 aliphatic carbocycles. The van der Waals surface area contributed by atoms with Gasteiger partial charge in [-0.3, -0.25) is 9.59 Å². The van der Waals surface area contributed by atoms with Crippen molar-refractivity contribution in [1.29, 1.82) is 0 Å². The summed E-state index contributed by atoms with van der Waals surface area (Å²) in [5.41, 5.74) is 2.74. The van der Waals surface area contributed by atoms with Gasteiger partial charge in [0.05, 0.1) is 17.6 Å². The average molecular weight is 331 g/mol. The second-order valence-electron chi connectivity index (χ2n) is 5.48. The Bertz CT molecular complexity index is 927. The second kappa shape index (κ2) is 7.40. The molecular weight excluding hydrogens is 314 g/mol. The minimum absolute atomic E-state index is 0.0935. The Morgan fingerprint density at radius 1 is 1.04 bits per heavy atom. The maximum absolute atomic E-state index is 12.1. The molecular formula is C20H17N3O2. The highest BCUT2D eigenvalue weighted by atomic mass is 16.1. The predicted octanol–water partition coefficient (Wildman–Crippen LogP) is 3.73. The summed E-state index contributed by atoms with van der Waals surface area (Å²) in [7, 11) is 0. The van der Waals surface area contributed by atoms with Crippen molar-refractivity contribution in [1.82, 2.24) is 9.78 Å². The van der Waals surface area contributed by atoms with Gasteiger partial charge in [-0.25, -0.2) is 4.68 Å². The van der Waals surface area contributed by atoms with E-state index in [-0.39, 0.29) is 11.7 Å². The zero-order chi connectivity index (χ0) is 17.6. The molecule has 0 aliphatic heterocycles. The van der Waals surface area contributed by atoms with Crippen molar-refractivity contribution < 1.29 is 9.59 Å². The number of ketones is 1. The summed E-state index contributed by atoms with van der Waals surface area (Å²) in [4.78, 5) is 23.7. The van der Waals surface area contributed by atoms with Crippen molar-refractivity contribution in [3.8, 4) is 5.69 Å². The zero-order valence-corrected chi connectivity index (χ0v) is 13.7. The minimum Gasteiger partial charge on any atom is -0.322 e. The Morgan fingerprint density at radius 3 is 2.52 bits per heavy atom. The van der Waals surface area contributed by atoms with Gasteiger partial charge in [-0.15, -0.1) is 0 Å². The Morgan fingerprint density at radius 2 is 1.76 bits per heavy atom. The van der Waals surface area contributed by atoms with E-state index in [4.69, 9.17) is 0 Å². The maximum atomic E-state index is 12.1. The van der Waals surface area contributed by atoms with Gasteiger partial charge in [-0.2, -0.15) is 5.10 Å². The molecule has 1 heterocycles. The van der Waals surface area contributed by atoms with Crippen molar-refractivity contribution in [3.05, 3.63) is 84.2 Å². The third-order valence-corrected chi connectivity index (χ3v) is 3.61. The van der Waals surface area contributed by atoms with Crippen molar-refractivity contribution in [2.24, 2.45) is 0 Å². The van der Waals surface area contributed by atoms with Crippen molar-refractivity contribution in [3.63, 3.8) is 0 Å². The van der Waals surface area contributed by atoms with E-state index in [9.17, 15) is 9.59 Å². The van der Waals surface area contributed by atoms with Crippen LogP contribution in [0.4, 0.5) is 5.69 Å². The molecule has 5 heteroatoms. The molecule has 0 atom stereocenters. The lowest BCUT2D eigenvalue weighted by Crippen LogP contribution is -2.11. The monoisotopic (exact) mass is 331 g/mol. The second-order valence-corrected chi connectivity index (χ2v) is 5.48. The first-order chi connectivity index (χ1) is 12.1. The molecule has 5 nitrogen and oxygen atoms in total. The highest BCUT2D eigenvalue weighted by Crippen LogP contribution is 2.15. The molecule has 124 valence electrons. The van der Waals surface area contributed by atoms with Crippen molar-refractivity contribution >= 4 is 23.5 Å². The third-order valence-electron chi connectivity index (χ3n) is 3.61. The van der Waals surface area contributed by atoms with Gasteiger partial charge in [0.15, 0.2) is 5.78 Å². The van der Waals surface area contributed by atoms with E-state index in [1.807, 2.05) is 36.5 Å². The molecule has 25 heavy (non-hydrogen) atoms. The molecule has 2 aromatic carbocycles. The van der Waals surface area contributed by atoms with Gasteiger partial charge in [0.25, 0.3) is 0 Å². The topological polar surface area (TPSA) is 64.0 Å². The van der Waals surface area contributed by atoms with Crippen LogP contribution in [0.15, 0.2) is 73.1 Å². The third kappa shape index (κ3) is 4.09. The van der Waals surface area contributed by atoms with Crippen molar-refractivity contribution in [2.75, 3.05) is 5.32 Å². The predicted molar refractivity (Wildman–Crippen MR) is 97.7 cm³/mol. The van der Waals surface area contributed by atoms with Gasteiger partial charge >= 0.3 is 0 Å². The summed E-state index contributed by atoms with van der Waals surface area (Å²) in [5.74, 6) is -0.398. The van der Waals surface area contributed by atoms with E-state index in [1.54, 1.807) is 41.2 Å². The standard InChI is InChI=1S/C20H17N3O2/c1-15(24)18-9-5-6-10-19(18)22-20(25)12-11-16-13-21-23(14-16)17-7-3-2-4-8-17/h2-14H,1H3,(H,22,25)/b12-11+. The van der Waals surface area contributed by atoms with Crippen LogP contribution in [0.1, 0.15) is 22.8 Å². The van der Waals surface area contributed by atoms with Crippen LogP contribution in [0.25, 0.3) is 11.8 Å². The van der Waals surface area contributed by atoms with E-state index in [0.717, 1.165) is 11.3 Å². The highest BCUT2D eigenvalue weighted by molar-refractivity contribution is 6.07. The van der Waals surface area contributed by atoms with Crippen molar-refractivity contribution in [2.45, 2.75) is 6.92 Å². The first-order valence-electron chi connectivity index (χ1n) is 7.82. The van der Waals surface area contributed by atoms with Gasteiger partial charge in [0.1, 0.15) is 0 Å².